The van der Waals surface area contributed by atoms with Crippen LogP contribution in [0.2, 0.25) is 0 Å². The highest BCUT2D eigenvalue weighted by Gasteiger charge is 1.95. The molecule has 0 radical (unpaired) electrons. The summed E-state index contributed by atoms with van der Waals surface area (Å²) < 4.78 is 0. The minimum atomic E-state index is 0.706. The predicted molar refractivity (Wildman–Crippen MR) is 69.6 cm³/mol. The molecule has 0 unspecified atom stereocenters. The summed E-state index contributed by atoms with van der Waals surface area (Å²) in [6, 6.07) is 15.1. The van der Waals surface area contributed by atoms with Crippen molar-refractivity contribution in [1.82, 2.24) is 5.32 Å². The van der Waals surface area contributed by atoms with Crippen molar-refractivity contribution in [3.63, 3.8) is 0 Å². The van der Waals surface area contributed by atoms with Crippen LogP contribution in [-0.4, -0.2) is 19.6 Å². The number of hydrogen-bond acceptors (Lipinski definition) is 2. The van der Waals surface area contributed by atoms with Crippen LogP contribution in [-0.2, 0) is 6.42 Å². The average Bonchev–Trinajstić information content (AvgIpc) is 2.34. The molecule has 0 aliphatic carbocycles. The SMILES string of the molecule is NCCNCCc1ccc2ccccc2c1. The third-order valence-corrected chi connectivity index (χ3v) is 2.73. The molecule has 2 heteroatoms. The van der Waals surface area contributed by atoms with Gasteiger partial charge in [0.1, 0.15) is 0 Å². The highest BCUT2D eigenvalue weighted by Crippen LogP contribution is 2.15. The largest absolute Gasteiger partial charge is 0.329 e. The second kappa shape index (κ2) is 5.64. The zero-order chi connectivity index (χ0) is 11.2. The summed E-state index contributed by atoms with van der Waals surface area (Å²) >= 11 is 0. The van der Waals surface area contributed by atoms with E-state index >= 15 is 0 Å². The van der Waals surface area contributed by atoms with E-state index in [0.29, 0.717) is 6.54 Å². The van der Waals surface area contributed by atoms with Crippen molar-refractivity contribution in [2.24, 2.45) is 5.73 Å². The van der Waals surface area contributed by atoms with Crippen molar-refractivity contribution in [2.45, 2.75) is 6.42 Å². The average molecular weight is 214 g/mol. The molecule has 0 bridgehead atoms. The third-order valence-electron chi connectivity index (χ3n) is 2.73. The minimum absolute atomic E-state index is 0.706. The fourth-order valence-electron chi connectivity index (χ4n) is 1.85. The molecular weight excluding hydrogens is 196 g/mol. The monoisotopic (exact) mass is 214 g/mol. The molecule has 3 N–H and O–H groups in total. The fraction of sp³-hybridized carbons (Fsp3) is 0.286. The van der Waals surface area contributed by atoms with E-state index in [4.69, 9.17) is 5.73 Å². The van der Waals surface area contributed by atoms with Crippen LogP contribution in [0.4, 0.5) is 0 Å². The second-order valence-electron chi connectivity index (χ2n) is 3.97. The van der Waals surface area contributed by atoms with Gasteiger partial charge >= 0.3 is 0 Å². The molecule has 0 amide bonds. The molecule has 0 saturated carbocycles. The lowest BCUT2D eigenvalue weighted by atomic mass is 10.1. The van der Waals surface area contributed by atoms with Crippen molar-refractivity contribution in [2.75, 3.05) is 19.6 Å². The van der Waals surface area contributed by atoms with Gasteiger partial charge in [-0.15, -0.1) is 0 Å². The van der Waals surface area contributed by atoms with Crippen LogP contribution in [0.1, 0.15) is 5.56 Å². The van der Waals surface area contributed by atoms with E-state index < -0.39 is 0 Å². The highest BCUT2D eigenvalue weighted by atomic mass is 14.9. The lowest BCUT2D eigenvalue weighted by molar-refractivity contribution is 0.689. The van der Waals surface area contributed by atoms with E-state index in [1.807, 2.05) is 0 Å². The number of hydrogen-bond donors (Lipinski definition) is 2. The van der Waals surface area contributed by atoms with E-state index in [1.165, 1.54) is 16.3 Å². The molecule has 2 nitrogen and oxygen atoms in total. The maximum absolute atomic E-state index is 5.42. The van der Waals surface area contributed by atoms with Gasteiger partial charge in [-0.3, -0.25) is 0 Å². The van der Waals surface area contributed by atoms with Gasteiger partial charge in [0, 0.05) is 13.1 Å². The van der Waals surface area contributed by atoms with Crippen molar-refractivity contribution in [3.05, 3.63) is 48.0 Å². The molecule has 0 spiro atoms. The first-order valence-corrected chi connectivity index (χ1v) is 5.78. The molecule has 0 atom stereocenters. The Bertz CT molecular complexity index is 451. The maximum atomic E-state index is 5.42. The summed E-state index contributed by atoms with van der Waals surface area (Å²) in [5, 5.41) is 5.93. The second-order valence-corrected chi connectivity index (χ2v) is 3.97. The maximum Gasteiger partial charge on any atom is 0.00746 e. The van der Waals surface area contributed by atoms with Gasteiger partial charge in [0.15, 0.2) is 0 Å². The molecule has 0 aliphatic heterocycles. The molecular formula is C14H18N2. The van der Waals surface area contributed by atoms with Crippen LogP contribution in [0.25, 0.3) is 10.8 Å². The number of nitrogens with two attached hydrogens (primary N) is 1. The fourth-order valence-corrected chi connectivity index (χ4v) is 1.85. The summed E-state index contributed by atoms with van der Waals surface area (Å²) in [4.78, 5) is 0. The minimum Gasteiger partial charge on any atom is -0.329 e. The van der Waals surface area contributed by atoms with Crippen LogP contribution in [0.3, 0.4) is 0 Å². The van der Waals surface area contributed by atoms with E-state index in [2.05, 4.69) is 47.8 Å². The Morgan fingerprint density at radius 3 is 2.56 bits per heavy atom. The van der Waals surface area contributed by atoms with Gasteiger partial charge in [0.2, 0.25) is 0 Å². The van der Waals surface area contributed by atoms with Gasteiger partial charge in [-0.25, -0.2) is 0 Å². The molecule has 0 aliphatic rings. The molecule has 0 aromatic heterocycles. The van der Waals surface area contributed by atoms with Gasteiger partial charge in [0.05, 0.1) is 0 Å². The Labute approximate surface area is 96.5 Å². The third kappa shape index (κ3) is 2.81. The molecule has 0 saturated heterocycles. The van der Waals surface area contributed by atoms with Crippen molar-refractivity contribution in [3.8, 4) is 0 Å². The summed E-state index contributed by atoms with van der Waals surface area (Å²) in [6.45, 7) is 2.60. The smallest absolute Gasteiger partial charge is 0.00746 e. The molecule has 0 fully saturated rings. The van der Waals surface area contributed by atoms with Crippen LogP contribution >= 0.6 is 0 Å². The summed E-state index contributed by atoms with van der Waals surface area (Å²) in [5.74, 6) is 0. The molecule has 2 aromatic carbocycles. The standard InChI is InChI=1S/C14H18N2/c15-8-10-16-9-7-12-5-6-13-3-1-2-4-14(13)11-12/h1-6,11,16H,7-10,15H2. The van der Waals surface area contributed by atoms with Crippen LogP contribution in [0.15, 0.2) is 42.5 Å². The number of nitrogens with one attached hydrogen (secondary N) is 1. The highest BCUT2D eigenvalue weighted by molar-refractivity contribution is 5.82. The van der Waals surface area contributed by atoms with E-state index in [9.17, 15) is 0 Å². The molecule has 2 rings (SSSR count). The first-order chi connectivity index (χ1) is 7.90. The zero-order valence-electron chi connectivity index (χ0n) is 9.45. The summed E-state index contributed by atoms with van der Waals surface area (Å²) in [7, 11) is 0. The van der Waals surface area contributed by atoms with Gasteiger partial charge in [0.25, 0.3) is 0 Å². The number of benzene rings is 2. The van der Waals surface area contributed by atoms with Gasteiger partial charge < -0.3 is 11.1 Å². The molecule has 84 valence electrons. The first-order valence-electron chi connectivity index (χ1n) is 5.78. The van der Waals surface area contributed by atoms with Gasteiger partial charge in [-0.1, -0.05) is 42.5 Å². The Balaban J connectivity index is 2.02. The van der Waals surface area contributed by atoms with Crippen molar-refractivity contribution >= 4 is 10.8 Å². The lowest BCUT2D eigenvalue weighted by Crippen LogP contribution is -2.24. The summed E-state index contributed by atoms with van der Waals surface area (Å²) in [5.41, 5.74) is 6.80. The van der Waals surface area contributed by atoms with Gasteiger partial charge in [-0.05, 0) is 29.3 Å². The van der Waals surface area contributed by atoms with Crippen molar-refractivity contribution in [1.29, 1.82) is 0 Å². The molecule has 0 heterocycles. The van der Waals surface area contributed by atoms with E-state index in [1.54, 1.807) is 0 Å². The summed E-state index contributed by atoms with van der Waals surface area (Å²) in [6.07, 6.45) is 1.06. The Morgan fingerprint density at radius 1 is 0.938 bits per heavy atom. The van der Waals surface area contributed by atoms with Crippen LogP contribution in [0, 0.1) is 0 Å². The lowest BCUT2D eigenvalue weighted by Gasteiger charge is -2.05. The Hall–Kier alpha value is -1.38. The van der Waals surface area contributed by atoms with Crippen LogP contribution < -0.4 is 11.1 Å². The first kappa shape index (κ1) is 11.1. The van der Waals surface area contributed by atoms with E-state index in [0.717, 1.165) is 19.5 Å². The molecule has 2 aromatic rings. The van der Waals surface area contributed by atoms with E-state index in [-0.39, 0.29) is 0 Å². The number of fused-ring (bicyclic) bond motifs is 1. The predicted octanol–water partition coefficient (Wildman–Crippen LogP) is 1.93. The van der Waals surface area contributed by atoms with Crippen molar-refractivity contribution < 1.29 is 0 Å². The zero-order valence-corrected chi connectivity index (χ0v) is 9.45. The molecule has 16 heavy (non-hydrogen) atoms. The Morgan fingerprint density at radius 2 is 1.75 bits per heavy atom. The van der Waals surface area contributed by atoms with Crippen LogP contribution in [0.5, 0.6) is 0 Å². The topological polar surface area (TPSA) is 38.0 Å². The number of rotatable bonds is 5. The quantitative estimate of drug-likeness (QED) is 0.746. The van der Waals surface area contributed by atoms with Gasteiger partial charge in [-0.2, -0.15) is 0 Å². The Kier molecular flexibility index (Phi) is 3.91. The normalized spacial score (nSPS) is 10.8.